The van der Waals surface area contributed by atoms with Crippen molar-refractivity contribution in [2.45, 2.75) is 16.6 Å². The average molecular weight is 315 g/mol. The monoisotopic (exact) mass is 315 g/mol. The highest BCUT2D eigenvalue weighted by atomic mass is 32.2. The van der Waals surface area contributed by atoms with Crippen LogP contribution < -0.4 is 5.73 Å². The second kappa shape index (κ2) is 4.93. The van der Waals surface area contributed by atoms with Gasteiger partial charge in [-0.3, -0.25) is 9.59 Å². The molecule has 2 fully saturated rings. The standard InChI is InChI=1S/C10H13N5O3S2/c11-5-6(16)15-1-10(8(17)18,2-19-7(5)15)3-20-9-12-4-13-14-9/h4-5,7H,1-3,11H2,(H,17,18)(H,12,13,14)/t5?,7-,10?/m1/s1. The Balaban J connectivity index is 1.72. The number of hydrogen-bond donors (Lipinski definition) is 3. The number of nitrogens with two attached hydrogens (primary N) is 1. The van der Waals surface area contributed by atoms with E-state index >= 15 is 0 Å². The number of hydrogen-bond acceptors (Lipinski definition) is 7. The molecule has 0 aliphatic carbocycles. The second-order valence-corrected chi connectivity index (χ2v) is 6.93. The molecular weight excluding hydrogens is 302 g/mol. The van der Waals surface area contributed by atoms with Crippen LogP contribution in [-0.2, 0) is 9.59 Å². The Labute approximate surface area is 122 Å². The van der Waals surface area contributed by atoms with E-state index in [1.807, 2.05) is 0 Å². The number of nitrogens with zero attached hydrogens (tertiary/aromatic N) is 3. The Bertz CT molecular complexity index is 539. The molecule has 1 aromatic rings. The lowest BCUT2D eigenvalue weighted by Crippen LogP contribution is -2.72. The number of aromatic amines is 1. The number of carboxylic acids is 1. The lowest BCUT2D eigenvalue weighted by atomic mass is 9.89. The van der Waals surface area contributed by atoms with Crippen LogP contribution in [0.1, 0.15) is 0 Å². The molecule has 10 heteroatoms. The topological polar surface area (TPSA) is 125 Å². The molecule has 1 amide bonds. The number of nitrogens with one attached hydrogen (secondary N) is 1. The van der Waals surface area contributed by atoms with Gasteiger partial charge in [-0.05, 0) is 0 Å². The SMILES string of the molecule is NC1C(=O)N2CC(CSc3nnc[nH]3)(C(=O)O)CS[C@H]12. The van der Waals surface area contributed by atoms with Crippen LogP contribution in [0.3, 0.4) is 0 Å². The van der Waals surface area contributed by atoms with Crippen molar-refractivity contribution in [1.29, 1.82) is 0 Å². The maximum absolute atomic E-state index is 11.7. The van der Waals surface area contributed by atoms with Crippen molar-refractivity contribution in [2.75, 3.05) is 18.1 Å². The van der Waals surface area contributed by atoms with Gasteiger partial charge < -0.3 is 20.7 Å². The highest BCUT2D eigenvalue weighted by Gasteiger charge is 2.55. The van der Waals surface area contributed by atoms with Crippen LogP contribution in [0.15, 0.2) is 11.5 Å². The number of rotatable bonds is 4. The van der Waals surface area contributed by atoms with E-state index < -0.39 is 17.4 Å². The van der Waals surface area contributed by atoms with Crippen molar-refractivity contribution in [2.24, 2.45) is 11.1 Å². The summed E-state index contributed by atoms with van der Waals surface area (Å²) >= 11 is 2.73. The number of β-lactam (4-membered cyclic amide) rings is 1. The summed E-state index contributed by atoms with van der Waals surface area (Å²) in [6, 6.07) is -0.492. The minimum Gasteiger partial charge on any atom is -0.481 e. The van der Waals surface area contributed by atoms with Gasteiger partial charge in [-0.15, -0.1) is 22.0 Å². The van der Waals surface area contributed by atoms with Gasteiger partial charge in [0.1, 0.15) is 23.2 Å². The van der Waals surface area contributed by atoms with Crippen LogP contribution in [0, 0.1) is 5.41 Å². The van der Waals surface area contributed by atoms with Crippen LogP contribution in [0.2, 0.25) is 0 Å². The van der Waals surface area contributed by atoms with Crippen molar-refractivity contribution in [3.05, 3.63) is 6.33 Å². The molecule has 3 rings (SSSR count). The molecule has 2 saturated heterocycles. The summed E-state index contributed by atoms with van der Waals surface area (Å²) in [4.78, 5) is 27.7. The fraction of sp³-hybridized carbons (Fsp3) is 0.600. The lowest BCUT2D eigenvalue weighted by molar-refractivity contribution is -0.155. The Morgan fingerprint density at radius 3 is 3.20 bits per heavy atom. The number of carboxylic acid groups (broad SMARTS) is 1. The van der Waals surface area contributed by atoms with E-state index in [-0.39, 0.29) is 17.8 Å². The van der Waals surface area contributed by atoms with Gasteiger partial charge in [0.25, 0.3) is 0 Å². The Morgan fingerprint density at radius 1 is 1.75 bits per heavy atom. The summed E-state index contributed by atoms with van der Waals surface area (Å²) in [7, 11) is 0. The number of aromatic nitrogens is 3. The van der Waals surface area contributed by atoms with E-state index in [0.29, 0.717) is 16.7 Å². The normalized spacial score (nSPS) is 32.6. The van der Waals surface area contributed by atoms with Gasteiger partial charge in [-0.25, -0.2) is 0 Å². The Morgan fingerprint density at radius 2 is 2.55 bits per heavy atom. The summed E-state index contributed by atoms with van der Waals surface area (Å²) < 4.78 is 0. The predicted molar refractivity (Wildman–Crippen MR) is 73.1 cm³/mol. The molecule has 0 bridgehead atoms. The van der Waals surface area contributed by atoms with Crippen LogP contribution in [0.4, 0.5) is 0 Å². The number of fused-ring (bicyclic) bond motifs is 1. The molecule has 20 heavy (non-hydrogen) atoms. The zero-order chi connectivity index (χ0) is 14.3. The van der Waals surface area contributed by atoms with E-state index in [0.717, 1.165) is 0 Å². The molecule has 3 heterocycles. The van der Waals surface area contributed by atoms with Gasteiger partial charge in [0, 0.05) is 18.1 Å². The molecule has 0 radical (unpaired) electrons. The van der Waals surface area contributed by atoms with E-state index in [4.69, 9.17) is 5.73 Å². The van der Waals surface area contributed by atoms with Crippen LogP contribution >= 0.6 is 23.5 Å². The van der Waals surface area contributed by atoms with Crippen molar-refractivity contribution >= 4 is 35.4 Å². The first-order valence-electron chi connectivity index (χ1n) is 5.93. The quantitative estimate of drug-likeness (QED) is 0.487. The first-order valence-corrected chi connectivity index (χ1v) is 7.97. The molecule has 8 nitrogen and oxygen atoms in total. The van der Waals surface area contributed by atoms with Crippen LogP contribution in [-0.4, -0.2) is 66.5 Å². The molecule has 1 aromatic heterocycles. The summed E-state index contributed by atoms with van der Waals surface area (Å²) in [6.45, 7) is 0.202. The highest BCUT2D eigenvalue weighted by molar-refractivity contribution is 8.00. The number of carbonyl (C=O) groups is 2. The molecule has 4 N–H and O–H groups in total. The molecule has 2 unspecified atom stereocenters. The first-order chi connectivity index (χ1) is 9.53. The van der Waals surface area contributed by atoms with Gasteiger partial charge in [-0.2, -0.15) is 0 Å². The van der Waals surface area contributed by atoms with Gasteiger partial charge in [0.15, 0.2) is 5.16 Å². The molecule has 2 aliphatic heterocycles. The Hall–Kier alpha value is -1.26. The van der Waals surface area contributed by atoms with Crippen molar-refractivity contribution in [3.8, 4) is 0 Å². The van der Waals surface area contributed by atoms with Crippen molar-refractivity contribution in [1.82, 2.24) is 20.1 Å². The van der Waals surface area contributed by atoms with Crippen LogP contribution in [0.5, 0.6) is 0 Å². The number of amides is 1. The molecular formula is C10H13N5O3S2. The zero-order valence-corrected chi connectivity index (χ0v) is 12.0. The number of H-pyrrole nitrogens is 1. The third-order valence-electron chi connectivity index (χ3n) is 3.52. The van der Waals surface area contributed by atoms with E-state index in [9.17, 15) is 14.7 Å². The highest BCUT2D eigenvalue weighted by Crippen LogP contribution is 2.43. The minimum atomic E-state index is -0.978. The zero-order valence-electron chi connectivity index (χ0n) is 10.4. The average Bonchev–Trinajstić information content (AvgIpc) is 2.97. The van der Waals surface area contributed by atoms with Gasteiger partial charge in [0.2, 0.25) is 5.91 Å². The first kappa shape index (κ1) is 13.7. The fourth-order valence-corrected chi connectivity index (χ4v) is 4.87. The summed E-state index contributed by atoms with van der Waals surface area (Å²) in [5.41, 5.74) is 4.73. The van der Waals surface area contributed by atoms with E-state index in [1.54, 1.807) is 4.90 Å². The summed E-state index contributed by atoms with van der Waals surface area (Å²) in [5.74, 6) is -0.303. The number of aliphatic carboxylic acids is 1. The van der Waals surface area contributed by atoms with E-state index in [2.05, 4.69) is 15.2 Å². The minimum absolute atomic E-state index is 0.0785. The van der Waals surface area contributed by atoms with E-state index in [1.165, 1.54) is 29.9 Å². The van der Waals surface area contributed by atoms with Crippen molar-refractivity contribution < 1.29 is 14.7 Å². The smallest absolute Gasteiger partial charge is 0.313 e. The number of carbonyl (C=O) groups excluding carboxylic acids is 1. The van der Waals surface area contributed by atoms with Gasteiger partial charge >= 0.3 is 5.97 Å². The predicted octanol–water partition coefficient (Wildman–Crippen LogP) is -0.790. The fourth-order valence-electron chi connectivity index (χ4n) is 2.28. The lowest BCUT2D eigenvalue weighted by Gasteiger charge is -2.52. The molecule has 0 saturated carbocycles. The maximum atomic E-state index is 11.7. The van der Waals surface area contributed by atoms with Crippen molar-refractivity contribution in [3.63, 3.8) is 0 Å². The maximum Gasteiger partial charge on any atom is 0.313 e. The Kier molecular flexibility index (Phi) is 3.38. The molecule has 0 aromatic carbocycles. The second-order valence-electron chi connectivity index (χ2n) is 4.86. The van der Waals surface area contributed by atoms with Gasteiger partial charge in [0.05, 0.1) is 0 Å². The molecule has 2 aliphatic rings. The largest absolute Gasteiger partial charge is 0.481 e. The third-order valence-corrected chi connectivity index (χ3v) is 6.30. The molecule has 0 spiro atoms. The third kappa shape index (κ3) is 2.07. The summed E-state index contributed by atoms with van der Waals surface area (Å²) in [5, 5.41) is 17.5. The van der Waals surface area contributed by atoms with Gasteiger partial charge in [-0.1, -0.05) is 11.8 Å². The summed E-state index contributed by atoms with van der Waals surface area (Å²) in [6.07, 6.45) is 1.44. The molecule has 108 valence electrons. The van der Waals surface area contributed by atoms with Crippen LogP contribution in [0.25, 0.3) is 0 Å². The molecule has 3 atom stereocenters. The number of thioether (sulfide) groups is 2.